The molecule has 0 spiro atoms. The van der Waals surface area contributed by atoms with Crippen molar-refractivity contribution in [1.29, 1.82) is 0 Å². The van der Waals surface area contributed by atoms with Crippen molar-refractivity contribution in [2.24, 2.45) is 0 Å². The summed E-state index contributed by atoms with van der Waals surface area (Å²) in [6.07, 6.45) is 1.83. The van der Waals surface area contributed by atoms with Gasteiger partial charge in [-0.1, -0.05) is 35.3 Å². The highest BCUT2D eigenvalue weighted by atomic mass is 35.5. The van der Waals surface area contributed by atoms with Gasteiger partial charge in [-0.15, -0.1) is 19.0 Å². The first kappa shape index (κ1) is 15.8. The van der Waals surface area contributed by atoms with Crippen molar-refractivity contribution in [2.45, 2.75) is 19.4 Å². The minimum absolute atomic E-state index is 0. The van der Waals surface area contributed by atoms with Crippen LogP contribution in [0.1, 0.15) is 19.4 Å². The molecule has 4 heteroatoms. The molecule has 0 bridgehead atoms. The van der Waals surface area contributed by atoms with Gasteiger partial charge in [0.15, 0.2) is 0 Å². The minimum Gasteiger partial charge on any atom is -0.304 e. The van der Waals surface area contributed by atoms with Crippen LogP contribution in [0, 0.1) is 0 Å². The van der Waals surface area contributed by atoms with E-state index in [1.807, 2.05) is 24.3 Å². The SMILES string of the molecule is C=CCNC(C)(C)c1ccc(Cl)c(Cl)c1.Cl. The Morgan fingerprint density at radius 1 is 1.31 bits per heavy atom. The second-order valence-electron chi connectivity index (χ2n) is 3.92. The molecule has 0 aromatic heterocycles. The van der Waals surface area contributed by atoms with Crippen molar-refractivity contribution < 1.29 is 0 Å². The largest absolute Gasteiger partial charge is 0.304 e. The maximum atomic E-state index is 5.97. The third-order valence-electron chi connectivity index (χ3n) is 2.33. The van der Waals surface area contributed by atoms with E-state index in [9.17, 15) is 0 Å². The van der Waals surface area contributed by atoms with E-state index >= 15 is 0 Å². The van der Waals surface area contributed by atoms with Crippen LogP contribution in [0.5, 0.6) is 0 Å². The summed E-state index contributed by atoms with van der Waals surface area (Å²) in [5, 5.41) is 4.52. The first-order valence-electron chi connectivity index (χ1n) is 4.79. The summed E-state index contributed by atoms with van der Waals surface area (Å²) >= 11 is 11.8. The van der Waals surface area contributed by atoms with E-state index in [4.69, 9.17) is 23.2 Å². The fourth-order valence-electron chi connectivity index (χ4n) is 1.31. The third-order valence-corrected chi connectivity index (χ3v) is 3.07. The monoisotopic (exact) mass is 279 g/mol. The van der Waals surface area contributed by atoms with E-state index in [1.165, 1.54) is 0 Å². The summed E-state index contributed by atoms with van der Waals surface area (Å²) in [5.74, 6) is 0. The summed E-state index contributed by atoms with van der Waals surface area (Å²) in [5.41, 5.74) is 0.973. The van der Waals surface area contributed by atoms with E-state index in [-0.39, 0.29) is 17.9 Å². The number of nitrogens with one attached hydrogen (secondary N) is 1. The number of halogens is 3. The molecular formula is C12H16Cl3N. The molecule has 0 aliphatic carbocycles. The highest BCUT2D eigenvalue weighted by Gasteiger charge is 2.19. The lowest BCUT2D eigenvalue weighted by atomic mass is 9.94. The minimum atomic E-state index is -0.136. The van der Waals surface area contributed by atoms with Crippen molar-refractivity contribution in [3.63, 3.8) is 0 Å². The molecule has 0 aliphatic heterocycles. The normalized spacial score (nSPS) is 10.8. The molecule has 0 amide bonds. The van der Waals surface area contributed by atoms with Gasteiger partial charge in [0.1, 0.15) is 0 Å². The van der Waals surface area contributed by atoms with Gasteiger partial charge >= 0.3 is 0 Å². The summed E-state index contributed by atoms with van der Waals surface area (Å²) in [6, 6.07) is 5.68. The molecule has 1 N–H and O–H groups in total. The molecule has 0 saturated heterocycles. The van der Waals surface area contributed by atoms with Crippen LogP contribution < -0.4 is 5.32 Å². The molecule has 90 valence electrons. The molecule has 1 aromatic carbocycles. The van der Waals surface area contributed by atoms with E-state index in [1.54, 1.807) is 0 Å². The zero-order chi connectivity index (χ0) is 11.5. The van der Waals surface area contributed by atoms with Gasteiger partial charge < -0.3 is 5.32 Å². The Hall–Kier alpha value is -0.210. The molecule has 0 aliphatic rings. The van der Waals surface area contributed by atoms with Crippen LogP contribution >= 0.6 is 35.6 Å². The molecule has 0 atom stereocenters. The second-order valence-corrected chi connectivity index (χ2v) is 4.74. The average molecular weight is 281 g/mol. The van der Waals surface area contributed by atoms with Crippen LogP contribution in [0.2, 0.25) is 10.0 Å². The highest BCUT2D eigenvalue weighted by Crippen LogP contribution is 2.28. The predicted molar refractivity (Wildman–Crippen MR) is 74.9 cm³/mol. The number of hydrogen-bond donors (Lipinski definition) is 1. The zero-order valence-corrected chi connectivity index (χ0v) is 11.7. The molecule has 0 saturated carbocycles. The number of rotatable bonds is 4. The quantitative estimate of drug-likeness (QED) is 0.805. The summed E-state index contributed by atoms with van der Waals surface area (Å²) < 4.78 is 0. The van der Waals surface area contributed by atoms with E-state index in [0.29, 0.717) is 10.0 Å². The first-order chi connectivity index (χ1) is 6.97. The van der Waals surface area contributed by atoms with Crippen molar-refractivity contribution in [3.8, 4) is 0 Å². The Morgan fingerprint density at radius 2 is 1.94 bits per heavy atom. The standard InChI is InChI=1S/C12H15Cl2N.ClH/c1-4-7-15-12(2,3)9-5-6-10(13)11(14)8-9;/h4-6,8,15H,1,7H2,2-3H3;1H. The third kappa shape index (κ3) is 3.99. The van der Waals surface area contributed by atoms with Crippen LogP contribution in [-0.2, 0) is 5.54 Å². The number of hydrogen-bond acceptors (Lipinski definition) is 1. The zero-order valence-electron chi connectivity index (χ0n) is 9.39. The lowest BCUT2D eigenvalue weighted by molar-refractivity contribution is 0.425. The number of benzene rings is 1. The molecule has 1 rings (SSSR count). The Bertz CT molecular complexity index is 361. The van der Waals surface area contributed by atoms with E-state index in [2.05, 4.69) is 25.7 Å². The topological polar surface area (TPSA) is 12.0 Å². The second kappa shape index (κ2) is 6.51. The fraction of sp³-hybridized carbons (Fsp3) is 0.333. The molecule has 1 aromatic rings. The molecule has 0 fully saturated rings. The van der Waals surface area contributed by atoms with Gasteiger partial charge in [-0.05, 0) is 31.5 Å². The van der Waals surface area contributed by atoms with Gasteiger partial charge in [-0.2, -0.15) is 0 Å². The van der Waals surface area contributed by atoms with Gasteiger partial charge in [0.25, 0.3) is 0 Å². The van der Waals surface area contributed by atoms with Crippen LogP contribution in [0.4, 0.5) is 0 Å². The van der Waals surface area contributed by atoms with Crippen LogP contribution in [0.15, 0.2) is 30.9 Å². The summed E-state index contributed by atoms with van der Waals surface area (Å²) in [4.78, 5) is 0. The van der Waals surface area contributed by atoms with Gasteiger partial charge in [0.05, 0.1) is 10.0 Å². The predicted octanol–water partition coefficient (Wildman–Crippen LogP) is 4.43. The van der Waals surface area contributed by atoms with Gasteiger partial charge in [-0.25, -0.2) is 0 Å². The molecular weight excluding hydrogens is 264 g/mol. The average Bonchev–Trinajstić information content (AvgIpc) is 2.19. The van der Waals surface area contributed by atoms with Crippen LogP contribution in [0.25, 0.3) is 0 Å². The van der Waals surface area contributed by atoms with Crippen molar-refractivity contribution >= 4 is 35.6 Å². The smallest absolute Gasteiger partial charge is 0.0595 e. The Balaban J connectivity index is 0.00000225. The molecule has 16 heavy (non-hydrogen) atoms. The van der Waals surface area contributed by atoms with E-state index < -0.39 is 0 Å². The fourth-order valence-corrected chi connectivity index (χ4v) is 1.61. The molecule has 1 nitrogen and oxygen atoms in total. The molecule has 0 unspecified atom stereocenters. The van der Waals surface area contributed by atoms with E-state index in [0.717, 1.165) is 12.1 Å². The Labute approximate surface area is 113 Å². The van der Waals surface area contributed by atoms with Crippen molar-refractivity contribution in [1.82, 2.24) is 5.32 Å². The lowest BCUT2D eigenvalue weighted by Crippen LogP contribution is -2.36. The molecule has 0 radical (unpaired) electrons. The Morgan fingerprint density at radius 3 is 2.44 bits per heavy atom. The maximum Gasteiger partial charge on any atom is 0.0595 e. The van der Waals surface area contributed by atoms with Gasteiger partial charge in [0, 0.05) is 12.1 Å². The van der Waals surface area contributed by atoms with Crippen molar-refractivity contribution in [2.75, 3.05) is 6.54 Å². The summed E-state index contributed by atoms with van der Waals surface area (Å²) in [6.45, 7) is 8.62. The van der Waals surface area contributed by atoms with Crippen LogP contribution in [-0.4, -0.2) is 6.54 Å². The van der Waals surface area contributed by atoms with Gasteiger partial charge in [-0.3, -0.25) is 0 Å². The highest BCUT2D eigenvalue weighted by molar-refractivity contribution is 6.42. The lowest BCUT2D eigenvalue weighted by Gasteiger charge is -2.26. The van der Waals surface area contributed by atoms with Crippen LogP contribution in [0.3, 0.4) is 0 Å². The first-order valence-corrected chi connectivity index (χ1v) is 5.54. The Kier molecular flexibility index (Phi) is 6.42. The maximum absolute atomic E-state index is 5.97. The van der Waals surface area contributed by atoms with Crippen molar-refractivity contribution in [3.05, 3.63) is 46.5 Å². The van der Waals surface area contributed by atoms with Gasteiger partial charge in [0.2, 0.25) is 0 Å². The molecule has 0 heterocycles. The summed E-state index contributed by atoms with van der Waals surface area (Å²) in [7, 11) is 0.